The number of hydrogen-bond donors (Lipinski definition) is 0. The predicted molar refractivity (Wildman–Crippen MR) is 105 cm³/mol. The Morgan fingerprint density at radius 2 is 2.04 bits per heavy atom. The summed E-state index contributed by atoms with van der Waals surface area (Å²) in [5.41, 5.74) is 1.65. The van der Waals surface area contributed by atoms with Crippen LogP contribution in [0.3, 0.4) is 0 Å². The molecule has 0 atom stereocenters. The van der Waals surface area contributed by atoms with Gasteiger partial charge in [-0.3, -0.25) is 0 Å². The molecular weight excluding hydrogens is 390 g/mol. The highest BCUT2D eigenvalue weighted by atomic mass is 32.2. The Bertz CT molecular complexity index is 1020. The molecule has 3 rings (SSSR count). The molecule has 0 unspecified atom stereocenters. The van der Waals surface area contributed by atoms with Gasteiger partial charge in [0, 0.05) is 20.6 Å². The van der Waals surface area contributed by atoms with Crippen LogP contribution in [0.25, 0.3) is 11.0 Å². The molecule has 0 fully saturated rings. The lowest BCUT2D eigenvalue weighted by Crippen LogP contribution is -2.22. The lowest BCUT2D eigenvalue weighted by molar-refractivity contribution is 0.521. The summed E-state index contributed by atoms with van der Waals surface area (Å²) in [5, 5.41) is 9.11. The average molecular weight is 412 g/mol. The minimum absolute atomic E-state index is 0.259. The molecule has 0 saturated heterocycles. The number of thioether (sulfide) groups is 1. The molecule has 0 N–H and O–H groups in total. The Balaban J connectivity index is 1.98. The first-order valence-corrected chi connectivity index (χ1v) is 11.4. The van der Waals surface area contributed by atoms with Crippen molar-refractivity contribution in [1.82, 2.24) is 24.1 Å². The maximum absolute atomic E-state index is 12.4. The van der Waals surface area contributed by atoms with E-state index in [2.05, 4.69) is 21.7 Å². The highest BCUT2D eigenvalue weighted by Crippen LogP contribution is 2.28. The van der Waals surface area contributed by atoms with Crippen molar-refractivity contribution < 1.29 is 8.42 Å². The summed E-state index contributed by atoms with van der Waals surface area (Å²) in [4.78, 5) is 4.96. The maximum atomic E-state index is 12.4. The third-order valence-corrected chi connectivity index (χ3v) is 7.64. The fourth-order valence-electron chi connectivity index (χ4n) is 2.58. The van der Waals surface area contributed by atoms with Gasteiger partial charge in [0.25, 0.3) is 0 Å². The molecular formula is C16H21N5O2S3. The van der Waals surface area contributed by atoms with Gasteiger partial charge in [0.2, 0.25) is 10.0 Å². The van der Waals surface area contributed by atoms with E-state index in [0.29, 0.717) is 11.3 Å². The number of imidazole rings is 1. The molecule has 0 amide bonds. The fraction of sp³-hybridized carbons (Fsp3) is 0.438. The number of nitrogens with zero attached hydrogens (tertiary/aromatic N) is 5. The van der Waals surface area contributed by atoms with Gasteiger partial charge >= 0.3 is 0 Å². The van der Waals surface area contributed by atoms with Crippen molar-refractivity contribution in [2.45, 2.75) is 41.8 Å². The SMILES string of the molecule is CCCn1c(CSc2nnc(C)s2)nc2cc(S(=O)(=O)N(C)C)ccc21. The molecule has 2 heterocycles. The molecule has 1 aromatic carbocycles. The second-order valence-corrected chi connectivity index (χ2v) is 10.5. The van der Waals surface area contributed by atoms with Crippen LogP contribution in [-0.2, 0) is 22.3 Å². The Morgan fingerprint density at radius 3 is 2.65 bits per heavy atom. The van der Waals surface area contributed by atoms with Crippen molar-refractivity contribution in [3.05, 3.63) is 29.0 Å². The number of aromatic nitrogens is 4. The van der Waals surface area contributed by atoms with E-state index in [1.165, 1.54) is 18.4 Å². The quantitative estimate of drug-likeness (QED) is 0.556. The number of benzene rings is 1. The third kappa shape index (κ3) is 3.78. The molecule has 0 aliphatic rings. The van der Waals surface area contributed by atoms with Crippen molar-refractivity contribution in [1.29, 1.82) is 0 Å². The summed E-state index contributed by atoms with van der Waals surface area (Å²) < 4.78 is 29.0. The molecule has 0 aliphatic heterocycles. The number of hydrogen-bond acceptors (Lipinski definition) is 7. The van der Waals surface area contributed by atoms with E-state index in [1.54, 1.807) is 35.2 Å². The van der Waals surface area contributed by atoms with E-state index in [-0.39, 0.29) is 4.90 Å². The lowest BCUT2D eigenvalue weighted by atomic mass is 10.3. The highest BCUT2D eigenvalue weighted by Gasteiger charge is 2.20. The summed E-state index contributed by atoms with van der Waals surface area (Å²) in [6.45, 7) is 4.88. The van der Waals surface area contributed by atoms with Crippen molar-refractivity contribution in [3.8, 4) is 0 Å². The smallest absolute Gasteiger partial charge is 0.242 e. The highest BCUT2D eigenvalue weighted by molar-refractivity contribution is 8.00. The number of rotatable bonds is 7. The van der Waals surface area contributed by atoms with Crippen LogP contribution in [0.4, 0.5) is 0 Å². The summed E-state index contributed by atoms with van der Waals surface area (Å²) >= 11 is 3.16. The van der Waals surface area contributed by atoms with Crippen LogP contribution in [0.15, 0.2) is 27.4 Å². The molecule has 10 heteroatoms. The topological polar surface area (TPSA) is 81.0 Å². The van der Waals surface area contributed by atoms with Crippen LogP contribution in [0.1, 0.15) is 24.2 Å². The minimum Gasteiger partial charge on any atom is -0.327 e. The standard InChI is InChI=1S/C16H21N5O2S3/c1-5-8-21-14-7-6-12(26(22,23)20(3)4)9-13(14)17-15(21)10-24-16-19-18-11(2)25-16/h6-7,9H,5,8,10H2,1-4H3. The summed E-state index contributed by atoms with van der Waals surface area (Å²) in [7, 11) is -0.416. The average Bonchev–Trinajstić information content (AvgIpc) is 3.16. The Labute approximate surface area is 161 Å². The number of aryl methyl sites for hydroxylation is 2. The van der Waals surface area contributed by atoms with Gasteiger partial charge in [-0.2, -0.15) is 0 Å². The van der Waals surface area contributed by atoms with Crippen LogP contribution >= 0.6 is 23.1 Å². The summed E-state index contributed by atoms with van der Waals surface area (Å²) in [5.74, 6) is 1.58. The zero-order valence-electron chi connectivity index (χ0n) is 15.1. The molecule has 7 nitrogen and oxygen atoms in total. The predicted octanol–water partition coefficient (Wildman–Crippen LogP) is 3.15. The van der Waals surface area contributed by atoms with Gasteiger partial charge in [-0.25, -0.2) is 17.7 Å². The van der Waals surface area contributed by atoms with Gasteiger partial charge in [0.1, 0.15) is 10.8 Å². The first-order valence-electron chi connectivity index (χ1n) is 8.17. The van der Waals surface area contributed by atoms with Crippen LogP contribution in [0, 0.1) is 6.92 Å². The van der Waals surface area contributed by atoms with Crippen LogP contribution in [-0.4, -0.2) is 46.6 Å². The fourth-order valence-corrected chi connectivity index (χ4v) is 5.26. The molecule has 0 bridgehead atoms. The van der Waals surface area contributed by atoms with Gasteiger partial charge in [0.05, 0.1) is 21.7 Å². The molecule has 140 valence electrons. The molecule has 2 aromatic heterocycles. The first kappa shape index (κ1) is 19.3. The monoisotopic (exact) mass is 411 g/mol. The van der Waals surface area contributed by atoms with E-state index in [4.69, 9.17) is 4.98 Å². The van der Waals surface area contributed by atoms with Crippen LogP contribution < -0.4 is 0 Å². The van der Waals surface area contributed by atoms with Gasteiger partial charge in [0.15, 0.2) is 4.34 Å². The van der Waals surface area contributed by atoms with E-state index in [9.17, 15) is 8.42 Å². The second kappa shape index (κ2) is 7.63. The Kier molecular flexibility index (Phi) is 5.66. The Hall–Kier alpha value is -1.49. The molecule has 3 aromatic rings. The minimum atomic E-state index is -3.47. The molecule has 0 aliphatic carbocycles. The van der Waals surface area contributed by atoms with Gasteiger partial charge in [-0.15, -0.1) is 10.2 Å². The number of fused-ring (bicyclic) bond motifs is 1. The normalized spacial score (nSPS) is 12.3. The van der Waals surface area contributed by atoms with Crippen LogP contribution in [0.2, 0.25) is 0 Å². The number of sulfonamides is 1. The molecule has 0 spiro atoms. The second-order valence-electron chi connectivity index (χ2n) is 5.99. The first-order chi connectivity index (χ1) is 12.3. The van der Waals surface area contributed by atoms with E-state index in [0.717, 1.165) is 33.7 Å². The van der Waals surface area contributed by atoms with E-state index in [1.807, 2.05) is 13.0 Å². The summed E-state index contributed by atoms with van der Waals surface area (Å²) in [6, 6.07) is 5.15. The Morgan fingerprint density at radius 1 is 1.27 bits per heavy atom. The largest absolute Gasteiger partial charge is 0.327 e. The molecule has 0 radical (unpaired) electrons. The third-order valence-electron chi connectivity index (χ3n) is 3.86. The zero-order chi connectivity index (χ0) is 18.9. The van der Waals surface area contributed by atoms with E-state index < -0.39 is 10.0 Å². The van der Waals surface area contributed by atoms with Gasteiger partial charge in [-0.1, -0.05) is 30.0 Å². The lowest BCUT2D eigenvalue weighted by Gasteiger charge is -2.11. The molecule has 26 heavy (non-hydrogen) atoms. The van der Waals surface area contributed by atoms with Crippen molar-refractivity contribution in [2.75, 3.05) is 14.1 Å². The maximum Gasteiger partial charge on any atom is 0.242 e. The van der Waals surface area contributed by atoms with Crippen molar-refractivity contribution in [3.63, 3.8) is 0 Å². The van der Waals surface area contributed by atoms with Crippen molar-refractivity contribution >= 4 is 44.2 Å². The van der Waals surface area contributed by atoms with Crippen molar-refractivity contribution in [2.24, 2.45) is 0 Å². The van der Waals surface area contributed by atoms with Gasteiger partial charge in [-0.05, 0) is 31.5 Å². The van der Waals surface area contributed by atoms with E-state index >= 15 is 0 Å². The molecule has 0 saturated carbocycles. The zero-order valence-corrected chi connectivity index (χ0v) is 17.6. The van der Waals surface area contributed by atoms with Gasteiger partial charge < -0.3 is 4.57 Å². The van der Waals surface area contributed by atoms with Crippen LogP contribution in [0.5, 0.6) is 0 Å². The summed E-state index contributed by atoms with van der Waals surface area (Å²) in [6.07, 6.45) is 0.971.